The number of rotatable bonds is 6. The van der Waals surface area contributed by atoms with Crippen LogP contribution in [-0.4, -0.2) is 26.8 Å². The molecular weight excluding hydrogens is 461 g/mol. The van der Waals surface area contributed by atoms with Crippen LogP contribution in [0.25, 0.3) is 11.0 Å². The molecule has 2 aromatic heterocycles. The Hall–Kier alpha value is -4.11. The van der Waals surface area contributed by atoms with Crippen LogP contribution in [0.5, 0.6) is 11.6 Å². The maximum absolute atomic E-state index is 13.1. The summed E-state index contributed by atoms with van der Waals surface area (Å²) in [6, 6.07) is 13.7. The summed E-state index contributed by atoms with van der Waals surface area (Å²) in [5.41, 5.74) is 0.815. The first-order valence-electron chi connectivity index (χ1n) is 10.4. The summed E-state index contributed by atoms with van der Waals surface area (Å²) in [5.74, 6) is -0.473. The van der Waals surface area contributed by atoms with E-state index in [0.717, 1.165) is 0 Å². The number of fused-ring (bicyclic) bond motifs is 1. The monoisotopic (exact) mass is 477 g/mol. The minimum atomic E-state index is -1.14. The first-order valence-corrected chi connectivity index (χ1v) is 10.7. The largest absolute Gasteiger partial charge is 0.437 e. The number of amides is 2. The van der Waals surface area contributed by atoms with Gasteiger partial charge in [0.15, 0.2) is 5.52 Å². The van der Waals surface area contributed by atoms with E-state index in [2.05, 4.69) is 25.6 Å². The van der Waals surface area contributed by atoms with Gasteiger partial charge in [0, 0.05) is 17.6 Å². The number of carbonyl (C=O) groups is 2. The van der Waals surface area contributed by atoms with Gasteiger partial charge in [0.25, 0.3) is 0 Å². The van der Waals surface area contributed by atoms with Crippen LogP contribution in [-0.2, 0) is 9.59 Å². The zero-order valence-electron chi connectivity index (χ0n) is 17.6. The standard InChI is InChI=1S/C24H17ClFN5O3/c25-14-11-19-20(27-12-14)21(29-13-28-19)34-18-7-5-17(6-8-18)31-23(33)24(9-10-24)22(32)30-16-3-1-15(26)2-4-16/h1-8,11-13H,9-10H2,(H,30,32)(H,31,33). The topological polar surface area (TPSA) is 106 Å². The van der Waals surface area contributed by atoms with Crippen molar-refractivity contribution in [2.75, 3.05) is 10.6 Å². The molecular formula is C24H17ClFN5O3. The Labute approximate surface area is 198 Å². The molecule has 0 spiro atoms. The smallest absolute Gasteiger partial charge is 0.249 e. The van der Waals surface area contributed by atoms with Gasteiger partial charge in [-0.2, -0.15) is 4.98 Å². The van der Waals surface area contributed by atoms with E-state index in [1.807, 2.05) is 0 Å². The first-order chi connectivity index (χ1) is 16.4. The highest BCUT2D eigenvalue weighted by Crippen LogP contribution is 2.47. The molecule has 1 saturated carbocycles. The highest BCUT2D eigenvalue weighted by molar-refractivity contribution is 6.31. The maximum atomic E-state index is 13.1. The molecule has 4 aromatic rings. The third kappa shape index (κ3) is 4.38. The number of nitrogens with one attached hydrogen (secondary N) is 2. The van der Waals surface area contributed by atoms with Gasteiger partial charge >= 0.3 is 0 Å². The molecule has 0 aliphatic heterocycles. The van der Waals surface area contributed by atoms with Crippen molar-refractivity contribution in [2.45, 2.75) is 12.8 Å². The van der Waals surface area contributed by atoms with Crippen molar-refractivity contribution < 1.29 is 18.7 Å². The third-order valence-electron chi connectivity index (χ3n) is 5.46. The van der Waals surface area contributed by atoms with Crippen molar-refractivity contribution in [1.29, 1.82) is 0 Å². The lowest BCUT2D eigenvalue weighted by molar-refractivity contribution is -0.131. The highest BCUT2D eigenvalue weighted by atomic mass is 35.5. The van der Waals surface area contributed by atoms with Gasteiger partial charge in [-0.1, -0.05) is 11.6 Å². The van der Waals surface area contributed by atoms with Crippen LogP contribution in [0.3, 0.4) is 0 Å². The Morgan fingerprint density at radius 3 is 2.15 bits per heavy atom. The van der Waals surface area contributed by atoms with E-state index < -0.39 is 23.0 Å². The fraction of sp³-hybridized carbons (Fsp3) is 0.125. The Kier molecular flexibility index (Phi) is 5.54. The molecule has 2 amide bonds. The normalized spacial score (nSPS) is 13.8. The molecule has 10 heteroatoms. The second-order valence-corrected chi connectivity index (χ2v) is 8.26. The van der Waals surface area contributed by atoms with Crippen LogP contribution < -0.4 is 15.4 Å². The molecule has 2 N–H and O–H groups in total. The van der Waals surface area contributed by atoms with Gasteiger partial charge in [0.05, 0.1) is 10.5 Å². The summed E-state index contributed by atoms with van der Waals surface area (Å²) < 4.78 is 18.9. The molecule has 1 fully saturated rings. The van der Waals surface area contributed by atoms with Crippen molar-refractivity contribution in [3.63, 3.8) is 0 Å². The number of ether oxygens (including phenoxy) is 1. The van der Waals surface area contributed by atoms with Crippen LogP contribution >= 0.6 is 11.6 Å². The average Bonchev–Trinajstić information content (AvgIpc) is 3.64. The zero-order chi connectivity index (χ0) is 23.7. The summed E-state index contributed by atoms with van der Waals surface area (Å²) >= 11 is 5.96. The summed E-state index contributed by atoms with van der Waals surface area (Å²) in [7, 11) is 0. The van der Waals surface area contributed by atoms with Gasteiger partial charge in [-0.05, 0) is 67.4 Å². The molecule has 5 rings (SSSR count). The first kappa shape index (κ1) is 21.7. The minimum absolute atomic E-state index is 0.271. The van der Waals surface area contributed by atoms with Crippen LogP contribution in [0.4, 0.5) is 15.8 Å². The molecule has 0 bridgehead atoms. The summed E-state index contributed by atoms with van der Waals surface area (Å²) in [6.07, 6.45) is 3.71. The molecule has 2 aromatic carbocycles. The number of pyridine rings is 1. The molecule has 1 aliphatic rings. The number of anilines is 2. The number of hydrogen-bond donors (Lipinski definition) is 2. The molecule has 34 heavy (non-hydrogen) atoms. The number of hydrogen-bond acceptors (Lipinski definition) is 6. The zero-order valence-corrected chi connectivity index (χ0v) is 18.3. The lowest BCUT2D eigenvalue weighted by atomic mass is 10.0. The van der Waals surface area contributed by atoms with E-state index in [-0.39, 0.29) is 5.88 Å². The van der Waals surface area contributed by atoms with E-state index in [4.69, 9.17) is 16.3 Å². The third-order valence-corrected chi connectivity index (χ3v) is 5.66. The molecule has 170 valence electrons. The van der Waals surface area contributed by atoms with E-state index in [0.29, 0.717) is 46.0 Å². The van der Waals surface area contributed by atoms with Crippen molar-refractivity contribution in [3.8, 4) is 11.6 Å². The number of halogens is 2. The second kappa shape index (κ2) is 8.68. The lowest BCUT2D eigenvalue weighted by Gasteiger charge is -2.16. The number of carbonyl (C=O) groups excluding carboxylic acids is 2. The van der Waals surface area contributed by atoms with Crippen LogP contribution in [0.1, 0.15) is 12.8 Å². The van der Waals surface area contributed by atoms with Crippen molar-refractivity contribution in [1.82, 2.24) is 15.0 Å². The van der Waals surface area contributed by atoms with Crippen molar-refractivity contribution in [3.05, 3.63) is 78.0 Å². The summed E-state index contributed by atoms with van der Waals surface area (Å²) in [6.45, 7) is 0. The van der Waals surface area contributed by atoms with Gasteiger partial charge in [-0.25, -0.2) is 14.4 Å². The van der Waals surface area contributed by atoms with Gasteiger partial charge in [-0.15, -0.1) is 0 Å². The van der Waals surface area contributed by atoms with E-state index >= 15 is 0 Å². The van der Waals surface area contributed by atoms with E-state index in [9.17, 15) is 14.0 Å². The highest BCUT2D eigenvalue weighted by Gasteiger charge is 2.56. The van der Waals surface area contributed by atoms with Crippen molar-refractivity contribution >= 4 is 45.8 Å². The number of nitrogens with zero attached hydrogens (tertiary/aromatic N) is 3. The second-order valence-electron chi connectivity index (χ2n) is 7.82. The Morgan fingerprint density at radius 1 is 0.912 bits per heavy atom. The van der Waals surface area contributed by atoms with Gasteiger partial charge in [0.1, 0.15) is 23.3 Å². The summed E-state index contributed by atoms with van der Waals surface area (Å²) in [5, 5.41) is 5.92. The quantitative estimate of drug-likeness (QED) is 0.380. The molecule has 8 nitrogen and oxygen atoms in total. The molecule has 0 atom stereocenters. The predicted octanol–water partition coefficient (Wildman–Crippen LogP) is 4.97. The SMILES string of the molecule is O=C(Nc1ccc(F)cc1)C1(C(=O)Nc2ccc(Oc3ncnc4cc(Cl)cnc34)cc2)CC1. The Balaban J connectivity index is 1.25. The Bertz CT molecular complexity index is 1390. The predicted molar refractivity (Wildman–Crippen MR) is 124 cm³/mol. The van der Waals surface area contributed by atoms with Gasteiger partial charge in [0.2, 0.25) is 17.7 Å². The molecule has 2 heterocycles. The van der Waals surface area contributed by atoms with Crippen LogP contribution in [0, 0.1) is 11.2 Å². The Morgan fingerprint density at radius 2 is 1.53 bits per heavy atom. The van der Waals surface area contributed by atoms with Crippen LogP contribution in [0.2, 0.25) is 5.02 Å². The van der Waals surface area contributed by atoms with Gasteiger partial charge in [-0.3, -0.25) is 9.59 Å². The molecule has 0 unspecified atom stereocenters. The summed E-state index contributed by atoms with van der Waals surface area (Å²) in [4.78, 5) is 38.0. The number of aromatic nitrogens is 3. The van der Waals surface area contributed by atoms with E-state index in [1.165, 1.54) is 36.8 Å². The van der Waals surface area contributed by atoms with Crippen molar-refractivity contribution in [2.24, 2.45) is 5.41 Å². The fourth-order valence-corrected chi connectivity index (χ4v) is 3.56. The average molecular weight is 478 g/mol. The van der Waals surface area contributed by atoms with E-state index in [1.54, 1.807) is 30.3 Å². The number of benzene rings is 2. The maximum Gasteiger partial charge on any atom is 0.249 e. The molecule has 0 saturated heterocycles. The fourth-order valence-electron chi connectivity index (χ4n) is 3.41. The van der Waals surface area contributed by atoms with Gasteiger partial charge < -0.3 is 15.4 Å². The van der Waals surface area contributed by atoms with Crippen LogP contribution in [0.15, 0.2) is 67.1 Å². The molecule has 1 aliphatic carbocycles. The lowest BCUT2D eigenvalue weighted by Crippen LogP contribution is -2.35. The molecule has 0 radical (unpaired) electrons. The minimum Gasteiger partial charge on any atom is -0.437 e.